The van der Waals surface area contributed by atoms with Crippen LogP contribution in [0.15, 0.2) is 71.3 Å². The first-order chi connectivity index (χ1) is 14.2. The van der Waals surface area contributed by atoms with E-state index in [0.717, 1.165) is 16.7 Å². The Morgan fingerprint density at radius 1 is 1.07 bits per heavy atom. The third-order valence-electron chi connectivity index (χ3n) is 4.98. The van der Waals surface area contributed by atoms with Gasteiger partial charge < -0.3 is 14.1 Å². The van der Waals surface area contributed by atoms with Crippen molar-refractivity contribution in [1.82, 2.24) is 4.90 Å². The predicted octanol–water partition coefficient (Wildman–Crippen LogP) is 3.46. The second-order valence-corrected chi connectivity index (χ2v) is 6.82. The number of nitriles is 1. The monoisotopic (exact) mass is 386 g/mol. The number of furan rings is 1. The number of amides is 1. The first kappa shape index (κ1) is 18.5. The van der Waals surface area contributed by atoms with Crippen LogP contribution in [0.1, 0.15) is 32.8 Å². The molecule has 0 aliphatic carbocycles. The van der Waals surface area contributed by atoms with Crippen LogP contribution in [0, 0.1) is 11.3 Å². The highest BCUT2D eigenvalue weighted by atomic mass is 16.5. The summed E-state index contributed by atoms with van der Waals surface area (Å²) < 4.78 is 10.8. The number of fused-ring (bicyclic) bond motifs is 1. The number of esters is 1. The van der Waals surface area contributed by atoms with Crippen molar-refractivity contribution in [3.05, 3.63) is 94.9 Å². The number of carbonyl (C=O) groups is 2. The van der Waals surface area contributed by atoms with Crippen molar-refractivity contribution in [2.45, 2.75) is 25.6 Å². The molecule has 1 aliphatic rings. The van der Waals surface area contributed by atoms with Crippen molar-refractivity contribution in [3.8, 4) is 6.07 Å². The Morgan fingerprint density at radius 3 is 2.52 bits per heavy atom. The molecule has 3 aromatic rings. The second-order valence-electron chi connectivity index (χ2n) is 6.82. The molecule has 0 N–H and O–H groups in total. The molecule has 2 heterocycles. The van der Waals surface area contributed by atoms with Crippen molar-refractivity contribution in [2.75, 3.05) is 0 Å². The minimum absolute atomic E-state index is 0.0749. The summed E-state index contributed by atoms with van der Waals surface area (Å²) in [6.07, 6.45) is 1.82. The zero-order valence-electron chi connectivity index (χ0n) is 15.6. The van der Waals surface area contributed by atoms with E-state index in [0.29, 0.717) is 18.5 Å². The van der Waals surface area contributed by atoms with E-state index in [1.165, 1.54) is 11.2 Å². The van der Waals surface area contributed by atoms with E-state index in [1.54, 1.807) is 36.4 Å². The lowest BCUT2D eigenvalue weighted by molar-refractivity contribution is -0.151. The number of ether oxygens (including phenoxy) is 1. The average molecular weight is 386 g/mol. The molecule has 1 amide bonds. The van der Waals surface area contributed by atoms with Crippen LogP contribution in [-0.4, -0.2) is 22.8 Å². The number of nitrogens with zero attached hydrogens (tertiary/aromatic N) is 2. The zero-order valence-corrected chi connectivity index (χ0v) is 15.6. The highest BCUT2D eigenvalue weighted by Gasteiger charge is 2.36. The number of hydrogen-bond donors (Lipinski definition) is 0. The maximum absolute atomic E-state index is 12.9. The smallest absolute Gasteiger partial charge is 0.329 e. The van der Waals surface area contributed by atoms with Gasteiger partial charge in [0.1, 0.15) is 12.6 Å². The van der Waals surface area contributed by atoms with Crippen LogP contribution in [0.5, 0.6) is 0 Å². The Kier molecular flexibility index (Phi) is 5.12. The van der Waals surface area contributed by atoms with Crippen molar-refractivity contribution < 1.29 is 18.7 Å². The van der Waals surface area contributed by atoms with Crippen LogP contribution in [0.25, 0.3) is 0 Å². The van der Waals surface area contributed by atoms with Crippen molar-refractivity contribution >= 4 is 11.9 Å². The van der Waals surface area contributed by atoms with Crippen LogP contribution in [0.4, 0.5) is 0 Å². The maximum Gasteiger partial charge on any atom is 0.329 e. The van der Waals surface area contributed by atoms with Gasteiger partial charge in [0, 0.05) is 13.0 Å². The quantitative estimate of drug-likeness (QED) is 0.641. The van der Waals surface area contributed by atoms with E-state index in [-0.39, 0.29) is 18.3 Å². The fourth-order valence-corrected chi connectivity index (χ4v) is 3.41. The molecule has 29 heavy (non-hydrogen) atoms. The van der Waals surface area contributed by atoms with Gasteiger partial charge in [-0.2, -0.15) is 5.26 Å². The third-order valence-corrected chi connectivity index (χ3v) is 4.98. The van der Waals surface area contributed by atoms with Gasteiger partial charge >= 0.3 is 5.97 Å². The van der Waals surface area contributed by atoms with Crippen LogP contribution >= 0.6 is 0 Å². The molecule has 0 unspecified atom stereocenters. The highest BCUT2D eigenvalue weighted by molar-refractivity contribution is 5.95. The van der Waals surface area contributed by atoms with Crippen LogP contribution < -0.4 is 0 Å². The lowest BCUT2D eigenvalue weighted by Crippen LogP contribution is -2.49. The largest absolute Gasteiger partial charge is 0.459 e. The molecule has 1 atom stereocenters. The van der Waals surface area contributed by atoms with E-state index in [1.807, 2.05) is 24.3 Å². The predicted molar refractivity (Wildman–Crippen MR) is 103 cm³/mol. The van der Waals surface area contributed by atoms with Gasteiger partial charge in [0.15, 0.2) is 5.76 Å². The minimum atomic E-state index is -0.735. The molecule has 0 fully saturated rings. The number of benzene rings is 2. The Morgan fingerprint density at radius 2 is 1.83 bits per heavy atom. The van der Waals surface area contributed by atoms with Crippen molar-refractivity contribution in [2.24, 2.45) is 0 Å². The molecule has 2 aromatic carbocycles. The summed E-state index contributed by atoms with van der Waals surface area (Å²) >= 11 is 0. The summed E-state index contributed by atoms with van der Waals surface area (Å²) in [6, 6.07) is 19.1. The van der Waals surface area contributed by atoms with Gasteiger partial charge in [0.2, 0.25) is 0 Å². The topological polar surface area (TPSA) is 83.5 Å². The first-order valence-electron chi connectivity index (χ1n) is 9.22. The van der Waals surface area contributed by atoms with Crippen LogP contribution in [-0.2, 0) is 29.1 Å². The van der Waals surface area contributed by atoms with E-state index in [9.17, 15) is 9.59 Å². The molecule has 1 aromatic heterocycles. The molecule has 0 saturated carbocycles. The summed E-state index contributed by atoms with van der Waals surface area (Å²) in [6.45, 7) is 0.387. The van der Waals surface area contributed by atoms with E-state index < -0.39 is 12.0 Å². The first-order valence-corrected chi connectivity index (χ1v) is 9.22. The average Bonchev–Trinajstić information content (AvgIpc) is 3.31. The van der Waals surface area contributed by atoms with Crippen LogP contribution in [0.2, 0.25) is 0 Å². The molecule has 6 heteroatoms. The Bertz CT molecular complexity index is 1070. The normalized spacial score (nSPS) is 15.3. The summed E-state index contributed by atoms with van der Waals surface area (Å²) in [4.78, 5) is 27.3. The van der Waals surface area contributed by atoms with Gasteiger partial charge in [-0.05, 0) is 41.0 Å². The van der Waals surface area contributed by atoms with Gasteiger partial charge in [-0.15, -0.1) is 0 Å². The Labute approximate surface area is 167 Å². The SMILES string of the molecule is N#Cc1ccc(COC(=O)[C@@H]2Cc3ccccc3CN2C(=O)c2ccco2)cc1. The van der Waals surface area contributed by atoms with E-state index in [2.05, 4.69) is 6.07 Å². The molecule has 1 aliphatic heterocycles. The lowest BCUT2D eigenvalue weighted by atomic mass is 9.93. The maximum atomic E-state index is 12.9. The molecule has 6 nitrogen and oxygen atoms in total. The molecular formula is C23H18N2O4. The summed E-state index contributed by atoms with van der Waals surface area (Å²) in [5, 5.41) is 8.88. The molecule has 0 radical (unpaired) electrons. The fourth-order valence-electron chi connectivity index (χ4n) is 3.41. The molecule has 0 saturated heterocycles. The van der Waals surface area contributed by atoms with Gasteiger partial charge in [-0.3, -0.25) is 4.79 Å². The number of hydrogen-bond acceptors (Lipinski definition) is 5. The molecule has 144 valence electrons. The molecule has 0 bridgehead atoms. The minimum Gasteiger partial charge on any atom is -0.459 e. The number of carbonyl (C=O) groups excluding carboxylic acids is 2. The summed E-state index contributed by atoms with van der Waals surface area (Å²) in [7, 11) is 0. The Hall–Kier alpha value is -3.85. The highest BCUT2D eigenvalue weighted by Crippen LogP contribution is 2.26. The summed E-state index contributed by atoms with van der Waals surface area (Å²) in [5.74, 6) is -0.622. The second kappa shape index (κ2) is 8.03. The fraction of sp³-hybridized carbons (Fsp3) is 0.174. The third kappa shape index (κ3) is 3.90. The van der Waals surface area contributed by atoms with Gasteiger partial charge in [-0.25, -0.2) is 4.79 Å². The van der Waals surface area contributed by atoms with Crippen molar-refractivity contribution in [1.29, 1.82) is 5.26 Å². The van der Waals surface area contributed by atoms with Gasteiger partial charge in [0.25, 0.3) is 5.91 Å². The molecule has 4 rings (SSSR count). The Balaban J connectivity index is 1.54. The molecular weight excluding hydrogens is 368 g/mol. The molecule has 0 spiro atoms. The zero-order chi connectivity index (χ0) is 20.2. The lowest BCUT2D eigenvalue weighted by Gasteiger charge is -2.34. The van der Waals surface area contributed by atoms with Crippen molar-refractivity contribution in [3.63, 3.8) is 0 Å². The standard InChI is InChI=1S/C23H18N2O4/c24-13-16-7-9-17(10-8-16)15-29-23(27)20-12-18-4-1-2-5-19(18)14-25(20)22(26)21-6-3-11-28-21/h1-11,20H,12,14-15H2/t20-/m0/s1. The van der Waals surface area contributed by atoms with E-state index >= 15 is 0 Å². The van der Waals surface area contributed by atoms with Gasteiger partial charge in [0.05, 0.1) is 17.9 Å². The van der Waals surface area contributed by atoms with Gasteiger partial charge in [-0.1, -0.05) is 36.4 Å². The summed E-state index contributed by atoms with van der Waals surface area (Å²) in [5.41, 5.74) is 3.34. The number of rotatable bonds is 4. The van der Waals surface area contributed by atoms with Crippen LogP contribution in [0.3, 0.4) is 0 Å². The van der Waals surface area contributed by atoms with E-state index in [4.69, 9.17) is 14.4 Å².